The molecule has 5 rings (SSSR count). The molecule has 0 aliphatic heterocycles. The Labute approximate surface area is 141 Å². The van der Waals surface area contributed by atoms with Crippen LogP contribution in [-0.2, 0) is 0 Å². The molecule has 4 aromatic heterocycles. The lowest BCUT2D eigenvalue weighted by Crippen LogP contribution is -1.83. The van der Waals surface area contributed by atoms with Crippen molar-refractivity contribution in [2.75, 3.05) is 0 Å². The van der Waals surface area contributed by atoms with E-state index in [0.717, 1.165) is 22.3 Å². The minimum Gasteiger partial charge on any atom is -0.353 e. The van der Waals surface area contributed by atoms with Crippen molar-refractivity contribution in [3.63, 3.8) is 0 Å². The van der Waals surface area contributed by atoms with Crippen LogP contribution >= 0.6 is 11.3 Å². The predicted octanol–water partition coefficient (Wildman–Crippen LogP) is 4.90. The number of H-pyrrole nitrogens is 1. The number of fused-ring (bicyclic) bond motifs is 3. The number of rotatable bonds is 2. The van der Waals surface area contributed by atoms with Crippen molar-refractivity contribution >= 4 is 33.1 Å². The summed E-state index contributed by atoms with van der Waals surface area (Å²) in [6.07, 6.45) is 7.41. The van der Waals surface area contributed by atoms with Crippen LogP contribution in [0.1, 0.15) is 0 Å². The lowest BCUT2D eigenvalue weighted by atomic mass is 10.1. The molecule has 1 N–H and O–H groups in total. The molecule has 0 saturated carbocycles. The summed E-state index contributed by atoms with van der Waals surface area (Å²) in [4.78, 5) is 17.5. The second kappa shape index (κ2) is 5.25. The fourth-order valence-corrected chi connectivity index (χ4v) is 3.60. The zero-order valence-electron chi connectivity index (χ0n) is 12.6. The monoisotopic (exact) mass is 328 g/mol. The third-order valence-electron chi connectivity index (χ3n) is 4.16. The smallest absolute Gasteiger partial charge is 0.0797 e. The van der Waals surface area contributed by atoms with Crippen LogP contribution in [0, 0.1) is 0 Å². The first-order chi connectivity index (χ1) is 11.9. The Kier molecular flexibility index (Phi) is 2.93. The first-order valence-corrected chi connectivity index (χ1v) is 8.47. The van der Waals surface area contributed by atoms with Gasteiger partial charge in [0, 0.05) is 40.4 Å². The number of hydrogen-bond acceptors (Lipinski definition) is 4. The highest BCUT2D eigenvalue weighted by Gasteiger charge is 2.09. The molecule has 114 valence electrons. The summed E-state index contributed by atoms with van der Waals surface area (Å²) in [5.74, 6) is 0. The molecule has 5 heteroatoms. The summed E-state index contributed by atoms with van der Waals surface area (Å²) >= 11 is 1.65. The van der Waals surface area contributed by atoms with Crippen LogP contribution in [0.2, 0.25) is 0 Å². The largest absolute Gasteiger partial charge is 0.353 e. The number of hydrogen-bond donors (Lipinski definition) is 1. The van der Waals surface area contributed by atoms with Gasteiger partial charge >= 0.3 is 0 Å². The van der Waals surface area contributed by atoms with Crippen LogP contribution < -0.4 is 0 Å². The Balaban J connectivity index is 1.75. The van der Waals surface area contributed by atoms with E-state index in [1.54, 1.807) is 17.5 Å². The molecule has 0 unspecified atom stereocenters. The van der Waals surface area contributed by atoms with Crippen LogP contribution in [0.3, 0.4) is 0 Å². The second-order valence-electron chi connectivity index (χ2n) is 5.61. The SMILES string of the molecule is c1cncc(-c2cc3c(cn2)[nH]c2ccc(-c4cncs4)cc23)c1. The van der Waals surface area contributed by atoms with Gasteiger partial charge in [-0.3, -0.25) is 15.0 Å². The highest BCUT2D eigenvalue weighted by Crippen LogP contribution is 2.32. The first-order valence-electron chi connectivity index (χ1n) is 7.59. The lowest BCUT2D eigenvalue weighted by molar-refractivity contribution is 1.29. The summed E-state index contributed by atoms with van der Waals surface area (Å²) in [6, 6.07) is 12.5. The summed E-state index contributed by atoms with van der Waals surface area (Å²) in [5, 5.41) is 2.37. The minimum absolute atomic E-state index is 0.930. The van der Waals surface area contributed by atoms with Gasteiger partial charge in [0.25, 0.3) is 0 Å². The Morgan fingerprint density at radius 2 is 1.79 bits per heavy atom. The number of thiazole rings is 1. The third kappa shape index (κ3) is 2.10. The van der Waals surface area contributed by atoms with Crippen LogP contribution in [0.15, 0.2) is 66.7 Å². The van der Waals surface area contributed by atoms with Crippen molar-refractivity contribution in [2.45, 2.75) is 0 Å². The molecule has 0 fully saturated rings. The Bertz CT molecular complexity index is 1140. The fourth-order valence-electron chi connectivity index (χ4n) is 2.98. The molecule has 24 heavy (non-hydrogen) atoms. The van der Waals surface area contributed by atoms with Crippen LogP contribution in [-0.4, -0.2) is 19.9 Å². The van der Waals surface area contributed by atoms with E-state index in [9.17, 15) is 0 Å². The molecule has 0 spiro atoms. The molecule has 0 amide bonds. The molecule has 0 aliphatic rings. The zero-order valence-corrected chi connectivity index (χ0v) is 13.4. The number of pyridine rings is 2. The van der Waals surface area contributed by atoms with E-state index < -0.39 is 0 Å². The number of aromatic amines is 1. The summed E-state index contributed by atoms with van der Waals surface area (Å²) in [6.45, 7) is 0. The summed E-state index contributed by atoms with van der Waals surface area (Å²) in [7, 11) is 0. The van der Waals surface area contributed by atoms with Gasteiger partial charge in [0.05, 0.1) is 27.8 Å². The van der Waals surface area contributed by atoms with Gasteiger partial charge in [0.2, 0.25) is 0 Å². The average Bonchev–Trinajstić information content (AvgIpc) is 3.29. The van der Waals surface area contributed by atoms with Gasteiger partial charge in [-0.2, -0.15) is 0 Å². The molecule has 0 atom stereocenters. The van der Waals surface area contributed by atoms with Crippen molar-refractivity contribution in [2.24, 2.45) is 0 Å². The molecule has 4 nitrogen and oxygen atoms in total. The number of nitrogens with one attached hydrogen (secondary N) is 1. The Morgan fingerprint density at radius 1 is 0.833 bits per heavy atom. The van der Waals surface area contributed by atoms with Crippen molar-refractivity contribution in [1.29, 1.82) is 0 Å². The Morgan fingerprint density at radius 3 is 2.62 bits per heavy atom. The van der Waals surface area contributed by atoms with Crippen LogP contribution in [0.25, 0.3) is 43.5 Å². The summed E-state index contributed by atoms with van der Waals surface area (Å²) in [5.41, 5.74) is 7.15. The van der Waals surface area contributed by atoms with E-state index in [-0.39, 0.29) is 0 Å². The molecule has 1 aromatic carbocycles. The number of aromatic nitrogens is 4. The predicted molar refractivity (Wildman–Crippen MR) is 97.9 cm³/mol. The van der Waals surface area contributed by atoms with Gasteiger partial charge in [-0.05, 0) is 35.9 Å². The molecule has 4 heterocycles. The lowest BCUT2D eigenvalue weighted by Gasteiger charge is -2.01. The van der Waals surface area contributed by atoms with Gasteiger partial charge in [-0.25, -0.2) is 0 Å². The van der Waals surface area contributed by atoms with Gasteiger partial charge in [-0.15, -0.1) is 11.3 Å². The van der Waals surface area contributed by atoms with Crippen molar-refractivity contribution in [3.05, 3.63) is 66.7 Å². The van der Waals surface area contributed by atoms with E-state index in [1.165, 1.54) is 21.2 Å². The molecule has 0 radical (unpaired) electrons. The van der Waals surface area contributed by atoms with E-state index in [4.69, 9.17) is 0 Å². The topological polar surface area (TPSA) is 54.5 Å². The zero-order chi connectivity index (χ0) is 15.9. The van der Waals surface area contributed by atoms with Gasteiger partial charge < -0.3 is 4.98 Å². The van der Waals surface area contributed by atoms with Gasteiger partial charge in [-0.1, -0.05) is 6.07 Å². The first kappa shape index (κ1) is 13.4. The maximum absolute atomic E-state index is 4.57. The van der Waals surface area contributed by atoms with Crippen molar-refractivity contribution in [1.82, 2.24) is 19.9 Å². The van der Waals surface area contributed by atoms with Gasteiger partial charge in [0.15, 0.2) is 0 Å². The molecule has 0 bridgehead atoms. The minimum atomic E-state index is 0.930. The van der Waals surface area contributed by atoms with E-state index in [2.05, 4.69) is 44.2 Å². The standard InChI is InChI=1S/C19H12N4S/c1-2-13(8-20-5-1)17-7-15-14-6-12(19-10-21-11-24-19)3-4-16(14)23-18(15)9-22-17/h1-11,23H. The fraction of sp³-hybridized carbons (Fsp3) is 0. The Hall–Kier alpha value is -3.05. The van der Waals surface area contributed by atoms with Crippen LogP contribution in [0.5, 0.6) is 0 Å². The number of nitrogens with zero attached hydrogens (tertiary/aromatic N) is 3. The maximum atomic E-state index is 4.57. The second-order valence-corrected chi connectivity index (χ2v) is 6.49. The van der Waals surface area contributed by atoms with E-state index in [1.807, 2.05) is 36.2 Å². The average molecular weight is 328 g/mol. The van der Waals surface area contributed by atoms with Crippen LogP contribution in [0.4, 0.5) is 0 Å². The van der Waals surface area contributed by atoms with E-state index >= 15 is 0 Å². The number of benzene rings is 1. The van der Waals surface area contributed by atoms with Crippen molar-refractivity contribution < 1.29 is 0 Å². The molecule has 0 aliphatic carbocycles. The molecular weight excluding hydrogens is 316 g/mol. The van der Waals surface area contributed by atoms with Gasteiger partial charge in [0.1, 0.15) is 0 Å². The molecule has 0 saturated heterocycles. The highest BCUT2D eigenvalue weighted by molar-refractivity contribution is 7.13. The quantitative estimate of drug-likeness (QED) is 0.501. The van der Waals surface area contributed by atoms with E-state index in [0.29, 0.717) is 0 Å². The summed E-state index contributed by atoms with van der Waals surface area (Å²) < 4.78 is 0. The highest BCUT2D eigenvalue weighted by atomic mass is 32.1. The maximum Gasteiger partial charge on any atom is 0.0797 e. The third-order valence-corrected chi connectivity index (χ3v) is 4.98. The molecular formula is C19H12N4S. The van der Waals surface area contributed by atoms with Crippen molar-refractivity contribution in [3.8, 4) is 21.7 Å². The normalized spacial score (nSPS) is 11.3. The molecule has 5 aromatic rings.